The number of aliphatic hydroxyl groups is 1. The molecule has 0 spiro atoms. The molecule has 168 valence electrons. The Labute approximate surface area is 180 Å². The number of fused-ring (bicyclic) bond motifs is 1. The fourth-order valence-corrected chi connectivity index (χ4v) is 5.07. The highest BCUT2D eigenvalue weighted by molar-refractivity contribution is 5.63. The van der Waals surface area contributed by atoms with Crippen LogP contribution in [0.4, 0.5) is 17.6 Å². The Kier molecular flexibility index (Phi) is 6.65. The van der Waals surface area contributed by atoms with E-state index in [1.54, 1.807) is 6.07 Å². The SMILES string of the molecule is OC[C@H]1[C@@H](c2ccc(-c3cccc(F)c3)cc2)[C@@H]2CN(CCC(F)(F)F)CCCCN12. The van der Waals surface area contributed by atoms with Crippen molar-refractivity contribution in [3.05, 3.63) is 59.9 Å². The minimum atomic E-state index is -4.15. The van der Waals surface area contributed by atoms with Gasteiger partial charge in [-0.3, -0.25) is 4.90 Å². The van der Waals surface area contributed by atoms with E-state index in [1.807, 2.05) is 35.2 Å². The van der Waals surface area contributed by atoms with Gasteiger partial charge in [-0.1, -0.05) is 36.4 Å². The summed E-state index contributed by atoms with van der Waals surface area (Å²) in [5, 5.41) is 10.0. The lowest BCUT2D eigenvalue weighted by atomic mass is 9.74. The molecule has 3 atom stereocenters. The molecule has 2 saturated heterocycles. The molecule has 2 aliphatic heterocycles. The van der Waals surface area contributed by atoms with Crippen LogP contribution in [0.2, 0.25) is 0 Å². The van der Waals surface area contributed by atoms with E-state index in [1.165, 1.54) is 12.1 Å². The van der Waals surface area contributed by atoms with E-state index >= 15 is 0 Å². The Morgan fingerprint density at radius 2 is 1.71 bits per heavy atom. The highest BCUT2D eigenvalue weighted by Crippen LogP contribution is 2.42. The summed E-state index contributed by atoms with van der Waals surface area (Å²) in [4.78, 5) is 4.18. The molecule has 4 rings (SSSR count). The highest BCUT2D eigenvalue weighted by Gasteiger charge is 2.49. The van der Waals surface area contributed by atoms with Gasteiger partial charge in [-0.2, -0.15) is 13.2 Å². The van der Waals surface area contributed by atoms with Crippen LogP contribution in [0.1, 0.15) is 30.7 Å². The number of rotatable bonds is 5. The Morgan fingerprint density at radius 1 is 0.968 bits per heavy atom. The average molecular weight is 436 g/mol. The van der Waals surface area contributed by atoms with E-state index in [0.29, 0.717) is 13.1 Å². The summed E-state index contributed by atoms with van der Waals surface area (Å²) in [7, 11) is 0. The van der Waals surface area contributed by atoms with E-state index in [9.17, 15) is 22.7 Å². The Morgan fingerprint density at radius 3 is 2.39 bits per heavy atom. The smallest absolute Gasteiger partial charge is 0.390 e. The maximum atomic E-state index is 13.5. The first-order valence-electron chi connectivity index (χ1n) is 10.9. The van der Waals surface area contributed by atoms with Crippen LogP contribution in [0.25, 0.3) is 11.1 Å². The van der Waals surface area contributed by atoms with Gasteiger partial charge in [0.25, 0.3) is 0 Å². The maximum Gasteiger partial charge on any atom is 0.390 e. The second-order valence-corrected chi connectivity index (χ2v) is 8.59. The molecule has 0 saturated carbocycles. The standard InChI is InChI=1S/C24H28F4N2O/c25-20-5-3-4-19(14-20)17-6-8-18(9-7-17)23-21-15-29(13-10-24(26,27)28)11-1-2-12-30(21)22(23)16-31/h3-9,14,21-23,31H,1-2,10-13,15-16H2/t21-,22-,23-/m0/s1. The van der Waals surface area contributed by atoms with Gasteiger partial charge in [0, 0.05) is 31.1 Å². The Hall–Kier alpha value is -1.96. The predicted molar refractivity (Wildman–Crippen MR) is 112 cm³/mol. The molecule has 1 N–H and O–H groups in total. The molecular formula is C24H28F4N2O. The zero-order chi connectivity index (χ0) is 22.0. The molecule has 0 aliphatic carbocycles. The summed E-state index contributed by atoms with van der Waals surface area (Å²) < 4.78 is 51.8. The molecule has 2 aliphatic rings. The van der Waals surface area contributed by atoms with Crippen molar-refractivity contribution in [1.82, 2.24) is 9.80 Å². The van der Waals surface area contributed by atoms with Crippen LogP contribution in [0.15, 0.2) is 48.5 Å². The Bertz CT molecular complexity index is 871. The lowest BCUT2D eigenvalue weighted by Crippen LogP contribution is -2.67. The van der Waals surface area contributed by atoms with Crippen LogP contribution in [0.5, 0.6) is 0 Å². The van der Waals surface area contributed by atoms with Gasteiger partial charge in [-0.25, -0.2) is 4.39 Å². The summed E-state index contributed by atoms with van der Waals surface area (Å²) in [5.74, 6) is -0.219. The van der Waals surface area contributed by atoms with Crippen LogP contribution in [0, 0.1) is 5.82 Å². The van der Waals surface area contributed by atoms with E-state index < -0.39 is 12.6 Å². The van der Waals surface area contributed by atoms with Crippen molar-refractivity contribution in [3.8, 4) is 11.1 Å². The molecule has 2 heterocycles. The maximum absolute atomic E-state index is 13.5. The van der Waals surface area contributed by atoms with Gasteiger partial charge in [0.15, 0.2) is 0 Å². The molecule has 3 nitrogen and oxygen atoms in total. The van der Waals surface area contributed by atoms with Crippen molar-refractivity contribution in [1.29, 1.82) is 0 Å². The molecule has 0 amide bonds. The minimum absolute atomic E-state index is 0.0167. The average Bonchev–Trinajstić information content (AvgIpc) is 2.72. The van der Waals surface area contributed by atoms with Gasteiger partial charge in [-0.15, -0.1) is 0 Å². The zero-order valence-corrected chi connectivity index (χ0v) is 17.4. The number of aliphatic hydroxyl groups excluding tert-OH is 1. The summed E-state index contributed by atoms with van der Waals surface area (Å²) in [6.07, 6.45) is -3.16. The molecule has 2 fully saturated rings. The van der Waals surface area contributed by atoms with Crippen LogP contribution < -0.4 is 0 Å². The van der Waals surface area contributed by atoms with Crippen molar-refractivity contribution in [2.24, 2.45) is 0 Å². The lowest BCUT2D eigenvalue weighted by molar-refractivity contribution is -0.140. The first-order chi connectivity index (χ1) is 14.9. The van der Waals surface area contributed by atoms with Crippen molar-refractivity contribution < 1.29 is 22.7 Å². The van der Waals surface area contributed by atoms with E-state index in [-0.39, 0.29) is 37.0 Å². The van der Waals surface area contributed by atoms with E-state index in [0.717, 1.165) is 36.1 Å². The van der Waals surface area contributed by atoms with E-state index in [2.05, 4.69) is 4.90 Å². The first kappa shape index (κ1) is 22.2. The van der Waals surface area contributed by atoms with Crippen LogP contribution >= 0.6 is 0 Å². The molecule has 0 radical (unpaired) electrons. The number of benzene rings is 2. The third-order valence-corrected chi connectivity index (χ3v) is 6.62. The minimum Gasteiger partial charge on any atom is -0.395 e. The largest absolute Gasteiger partial charge is 0.395 e. The third kappa shape index (κ3) is 5.10. The fraction of sp³-hybridized carbons (Fsp3) is 0.500. The zero-order valence-electron chi connectivity index (χ0n) is 17.4. The van der Waals surface area contributed by atoms with Crippen molar-refractivity contribution in [2.45, 2.75) is 43.4 Å². The lowest BCUT2D eigenvalue weighted by Gasteiger charge is -2.57. The number of halogens is 4. The van der Waals surface area contributed by atoms with Crippen molar-refractivity contribution in [2.75, 3.05) is 32.8 Å². The van der Waals surface area contributed by atoms with E-state index in [4.69, 9.17) is 0 Å². The quantitative estimate of drug-likeness (QED) is 0.690. The monoisotopic (exact) mass is 436 g/mol. The van der Waals surface area contributed by atoms with Gasteiger partial charge in [0.1, 0.15) is 5.82 Å². The molecular weight excluding hydrogens is 408 g/mol. The summed E-state index contributed by atoms with van der Waals surface area (Å²) in [5.41, 5.74) is 2.77. The van der Waals surface area contributed by atoms with Gasteiger partial charge >= 0.3 is 6.18 Å². The normalized spacial score (nSPS) is 25.4. The molecule has 7 heteroatoms. The topological polar surface area (TPSA) is 26.7 Å². The molecule has 0 aromatic heterocycles. The molecule has 0 bridgehead atoms. The van der Waals surface area contributed by atoms with Gasteiger partial charge in [0.2, 0.25) is 0 Å². The predicted octanol–water partition coefficient (Wildman–Crippen LogP) is 4.67. The highest BCUT2D eigenvalue weighted by atomic mass is 19.4. The van der Waals surface area contributed by atoms with Gasteiger partial charge in [-0.05, 0) is 54.8 Å². The second kappa shape index (κ2) is 9.27. The summed E-state index contributed by atoms with van der Waals surface area (Å²) in [6, 6.07) is 14.4. The molecule has 2 aromatic carbocycles. The number of alkyl halides is 3. The molecule has 0 unspecified atom stereocenters. The van der Waals surface area contributed by atoms with Crippen LogP contribution in [0.3, 0.4) is 0 Å². The summed E-state index contributed by atoms with van der Waals surface area (Å²) in [6.45, 7) is 2.15. The second-order valence-electron chi connectivity index (χ2n) is 8.59. The Balaban J connectivity index is 1.52. The number of hydrogen-bond acceptors (Lipinski definition) is 3. The van der Waals surface area contributed by atoms with Crippen molar-refractivity contribution in [3.63, 3.8) is 0 Å². The van der Waals surface area contributed by atoms with Crippen LogP contribution in [-0.4, -0.2) is 66.0 Å². The fourth-order valence-electron chi connectivity index (χ4n) is 5.07. The number of hydrogen-bond donors (Lipinski definition) is 1. The molecule has 2 aromatic rings. The van der Waals surface area contributed by atoms with Crippen molar-refractivity contribution >= 4 is 0 Å². The first-order valence-corrected chi connectivity index (χ1v) is 10.9. The van der Waals surface area contributed by atoms with Crippen LogP contribution in [-0.2, 0) is 0 Å². The van der Waals surface area contributed by atoms with Gasteiger partial charge in [0.05, 0.1) is 13.0 Å². The number of nitrogens with zero attached hydrogens (tertiary/aromatic N) is 2. The van der Waals surface area contributed by atoms with Gasteiger partial charge < -0.3 is 10.0 Å². The molecule has 31 heavy (non-hydrogen) atoms. The third-order valence-electron chi connectivity index (χ3n) is 6.62. The summed E-state index contributed by atoms with van der Waals surface area (Å²) >= 11 is 0.